The van der Waals surface area contributed by atoms with E-state index in [9.17, 15) is 9.90 Å². The molecule has 0 bridgehead atoms. The van der Waals surface area contributed by atoms with Crippen LogP contribution in [0.2, 0.25) is 0 Å². The summed E-state index contributed by atoms with van der Waals surface area (Å²) in [5, 5.41) is 12.4. The second-order valence-electron chi connectivity index (χ2n) is 5.50. The molecule has 0 saturated heterocycles. The van der Waals surface area contributed by atoms with E-state index >= 15 is 0 Å². The molecular formula is C19H23NO4. The van der Waals surface area contributed by atoms with Gasteiger partial charge in [0.15, 0.2) is 11.5 Å². The third kappa shape index (κ3) is 4.99. The van der Waals surface area contributed by atoms with Crippen molar-refractivity contribution in [3.05, 3.63) is 59.7 Å². The van der Waals surface area contributed by atoms with Crippen LogP contribution in [0, 0.1) is 0 Å². The number of rotatable bonds is 8. The molecule has 5 heteroatoms. The SMILES string of the molecule is COc1ccc(CC(=O)N[C@H](CO)Cc2ccccc2)cc1OC. The van der Waals surface area contributed by atoms with Crippen LogP contribution in [0.4, 0.5) is 0 Å². The lowest BCUT2D eigenvalue weighted by Crippen LogP contribution is -2.39. The van der Waals surface area contributed by atoms with Crippen LogP contribution >= 0.6 is 0 Å². The summed E-state index contributed by atoms with van der Waals surface area (Å²) < 4.78 is 10.4. The van der Waals surface area contributed by atoms with Crippen molar-refractivity contribution >= 4 is 5.91 Å². The number of carbonyl (C=O) groups is 1. The molecule has 0 spiro atoms. The molecule has 0 aliphatic rings. The predicted octanol–water partition coefficient (Wildman–Crippen LogP) is 1.97. The Morgan fingerprint density at radius 3 is 2.38 bits per heavy atom. The quantitative estimate of drug-likeness (QED) is 0.777. The fourth-order valence-corrected chi connectivity index (χ4v) is 2.51. The number of benzene rings is 2. The summed E-state index contributed by atoms with van der Waals surface area (Å²) in [7, 11) is 3.13. The zero-order chi connectivity index (χ0) is 17.4. The first-order valence-electron chi connectivity index (χ1n) is 7.81. The number of amides is 1. The van der Waals surface area contributed by atoms with Crippen molar-refractivity contribution in [3.8, 4) is 11.5 Å². The van der Waals surface area contributed by atoms with Crippen LogP contribution in [-0.4, -0.2) is 37.9 Å². The minimum atomic E-state index is -0.306. The predicted molar refractivity (Wildman–Crippen MR) is 92.4 cm³/mol. The molecule has 24 heavy (non-hydrogen) atoms. The minimum absolute atomic E-state index is 0.105. The van der Waals surface area contributed by atoms with E-state index in [4.69, 9.17) is 9.47 Å². The van der Waals surface area contributed by atoms with Crippen LogP contribution in [0.15, 0.2) is 48.5 Å². The molecule has 128 valence electrons. The fourth-order valence-electron chi connectivity index (χ4n) is 2.51. The number of hydrogen-bond donors (Lipinski definition) is 2. The third-order valence-electron chi connectivity index (χ3n) is 3.72. The molecule has 2 aromatic rings. The van der Waals surface area contributed by atoms with Gasteiger partial charge in [0.05, 0.1) is 33.3 Å². The highest BCUT2D eigenvalue weighted by Crippen LogP contribution is 2.27. The summed E-state index contributed by atoms with van der Waals surface area (Å²) in [5.41, 5.74) is 1.89. The monoisotopic (exact) mass is 329 g/mol. The van der Waals surface area contributed by atoms with Gasteiger partial charge in [0.25, 0.3) is 0 Å². The van der Waals surface area contributed by atoms with Crippen LogP contribution in [-0.2, 0) is 17.6 Å². The molecule has 0 unspecified atom stereocenters. The molecule has 2 rings (SSSR count). The summed E-state index contributed by atoms with van der Waals surface area (Å²) in [6.07, 6.45) is 0.806. The Labute approximate surface area is 142 Å². The molecule has 2 N–H and O–H groups in total. The largest absolute Gasteiger partial charge is 0.493 e. The zero-order valence-electron chi connectivity index (χ0n) is 14.0. The Kier molecular flexibility index (Phi) is 6.63. The van der Waals surface area contributed by atoms with Gasteiger partial charge in [-0.1, -0.05) is 36.4 Å². The number of nitrogens with one attached hydrogen (secondary N) is 1. The summed E-state index contributed by atoms with van der Waals surface area (Å²) in [6.45, 7) is -0.105. The van der Waals surface area contributed by atoms with Gasteiger partial charge in [0, 0.05) is 0 Å². The minimum Gasteiger partial charge on any atom is -0.493 e. The lowest BCUT2D eigenvalue weighted by molar-refractivity contribution is -0.121. The number of carbonyl (C=O) groups excluding carboxylic acids is 1. The van der Waals surface area contributed by atoms with E-state index < -0.39 is 0 Å². The average Bonchev–Trinajstić information content (AvgIpc) is 2.61. The van der Waals surface area contributed by atoms with E-state index in [2.05, 4.69) is 5.32 Å². The summed E-state index contributed by atoms with van der Waals surface area (Å²) >= 11 is 0. The summed E-state index contributed by atoms with van der Waals surface area (Å²) in [5.74, 6) is 1.07. The molecule has 0 aliphatic heterocycles. The first-order valence-corrected chi connectivity index (χ1v) is 7.81. The fraction of sp³-hybridized carbons (Fsp3) is 0.316. The molecule has 2 aromatic carbocycles. The van der Waals surface area contributed by atoms with Crippen LogP contribution in [0.25, 0.3) is 0 Å². The van der Waals surface area contributed by atoms with E-state index in [0.29, 0.717) is 17.9 Å². The van der Waals surface area contributed by atoms with Crippen LogP contribution < -0.4 is 14.8 Å². The van der Waals surface area contributed by atoms with Gasteiger partial charge in [0.1, 0.15) is 0 Å². The van der Waals surface area contributed by atoms with Crippen molar-refractivity contribution in [1.29, 1.82) is 0 Å². The number of aliphatic hydroxyl groups excluding tert-OH is 1. The van der Waals surface area contributed by atoms with Gasteiger partial charge in [-0.15, -0.1) is 0 Å². The Bertz CT molecular complexity index is 658. The van der Waals surface area contributed by atoms with Crippen LogP contribution in [0.5, 0.6) is 11.5 Å². The average molecular weight is 329 g/mol. The van der Waals surface area contributed by atoms with Gasteiger partial charge in [-0.2, -0.15) is 0 Å². The molecule has 0 fully saturated rings. The second-order valence-corrected chi connectivity index (χ2v) is 5.50. The molecular weight excluding hydrogens is 306 g/mol. The first kappa shape index (κ1) is 17.8. The molecule has 1 amide bonds. The normalized spacial score (nSPS) is 11.6. The van der Waals surface area contributed by atoms with Crippen molar-refractivity contribution in [1.82, 2.24) is 5.32 Å². The number of aliphatic hydroxyl groups is 1. The van der Waals surface area contributed by atoms with Crippen molar-refractivity contribution in [2.75, 3.05) is 20.8 Å². The van der Waals surface area contributed by atoms with Crippen molar-refractivity contribution < 1.29 is 19.4 Å². The molecule has 0 saturated carbocycles. The molecule has 0 aromatic heterocycles. The van der Waals surface area contributed by atoms with E-state index in [1.54, 1.807) is 26.4 Å². The smallest absolute Gasteiger partial charge is 0.224 e. The Morgan fingerprint density at radius 2 is 1.75 bits per heavy atom. The maximum absolute atomic E-state index is 12.2. The van der Waals surface area contributed by atoms with Crippen LogP contribution in [0.1, 0.15) is 11.1 Å². The van der Waals surface area contributed by atoms with Gasteiger partial charge in [-0.25, -0.2) is 0 Å². The summed E-state index contributed by atoms with van der Waals surface area (Å²) in [6, 6.07) is 14.8. The summed E-state index contributed by atoms with van der Waals surface area (Å²) in [4.78, 5) is 12.2. The van der Waals surface area contributed by atoms with Crippen molar-refractivity contribution in [2.45, 2.75) is 18.9 Å². The van der Waals surface area contributed by atoms with E-state index in [0.717, 1.165) is 11.1 Å². The third-order valence-corrected chi connectivity index (χ3v) is 3.72. The lowest BCUT2D eigenvalue weighted by Gasteiger charge is -2.17. The first-order chi connectivity index (χ1) is 11.7. The van der Waals surface area contributed by atoms with Gasteiger partial charge in [0.2, 0.25) is 5.91 Å². The number of methoxy groups -OCH3 is 2. The standard InChI is InChI=1S/C19H23NO4/c1-23-17-9-8-15(11-18(17)24-2)12-19(22)20-16(13-21)10-14-6-4-3-5-7-14/h3-9,11,16,21H,10,12-13H2,1-2H3,(H,20,22)/t16-/m0/s1. The van der Waals surface area contributed by atoms with E-state index in [1.165, 1.54) is 0 Å². The van der Waals surface area contributed by atoms with Gasteiger partial charge in [-0.3, -0.25) is 4.79 Å². The number of hydrogen-bond acceptors (Lipinski definition) is 4. The van der Waals surface area contributed by atoms with E-state index in [1.807, 2.05) is 36.4 Å². The maximum Gasteiger partial charge on any atom is 0.224 e. The van der Waals surface area contributed by atoms with Crippen molar-refractivity contribution in [2.24, 2.45) is 0 Å². The molecule has 0 aliphatic carbocycles. The number of ether oxygens (including phenoxy) is 2. The maximum atomic E-state index is 12.2. The van der Waals surface area contributed by atoms with Gasteiger partial charge >= 0.3 is 0 Å². The molecule has 0 heterocycles. The highest BCUT2D eigenvalue weighted by atomic mass is 16.5. The Balaban J connectivity index is 1.96. The Morgan fingerprint density at radius 1 is 1.04 bits per heavy atom. The van der Waals surface area contributed by atoms with E-state index in [-0.39, 0.29) is 25.0 Å². The molecule has 1 atom stereocenters. The highest BCUT2D eigenvalue weighted by molar-refractivity contribution is 5.79. The lowest BCUT2D eigenvalue weighted by atomic mass is 10.1. The molecule has 0 radical (unpaired) electrons. The topological polar surface area (TPSA) is 67.8 Å². The van der Waals surface area contributed by atoms with Gasteiger partial charge < -0.3 is 19.9 Å². The second kappa shape index (κ2) is 8.93. The zero-order valence-corrected chi connectivity index (χ0v) is 14.0. The van der Waals surface area contributed by atoms with Crippen molar-refractivity contribution in [3.63, 3.8) is 0 Å². The Hall–Kier alpha value is -2.53. The van der Waals surface area contributed by atoms with Gasteiger partial charge in [-0.05, 0) is 29.7 Å². The molecule has 5 nitrogen and oxygen atoms in total. The highest BCUT2D eigenvalue weighted by Gasteiger charge is 2.13. The van der Waals surface area contributed by atoms with Crippen LogP contribution in [0.3, 0.4) is 0 Å².